The van der Waals surface area contributed by atoms with Crippen molar-refractivity contribution in [3.05, 3.63) is 34.9 Å². The third-order valence-electron chi connectivity index (χ3n) is 5.34. The smallest absolute Gasteiger partial charge is 0.0297 e. The van der Waals surface area contributed by atoms with E-state index in [0.717, 1.165) is 0 Å². The summed E-state index contributed by atoms with van der Waals surface area (Å²) >= 11 is 0. The van der Waals surface area contributed by atoms with E-state index in [4.69, 9.17) is 0 Å². The zero-order valence-electron chi connectivity index (χ0n) is 12.9. The zero-order valence-corrected chi connectivity index (χ0v) is 12.9. The minimum atomic E-state index is 0.402. The van der Waals surface area contributed by atoms with E-state index >= 15 is 0 Å². The molecule has 1 aliphatic rings. The highest BCUT2D eigenvalue weighted by atomic mass is 15.1. The molecular weight excluding hydrogens is 218 g/mol. The second-order valence-electron chi connectivity index (χ2n) is 7.12. The van der Waals surface area contributed by atoms with E-state index in [1.807, 2.05) is 0 Å². The van der Waals surface area contributed by atoms with Crippen LogP contribution in [0.1, 0.15) is 57.4 Å². The summed E-state index contributed by atoms with van der Waals surface area (Å²) < 4.78 is 0. The normalized spacial score (nSPS) is 22.8. The molecule has 0 heterocycles. The van der Waals surface area contributed by atoms with Gasteiger partial charge in [0.05, 0.1) is 0 Å². The molecule has 1 heteroatoms. The Labute approximate surface area is 112 Å². The molecule has 100 valence electrons. The Kier molecular flexibility index (Phi) is 3.09. The first-order chi connectivity index (χ1) is 8.18. The van der Waals surface area contributed by atoms with Gasteiger partial charge in [-0.15, -0.1) is 0 Å². The van der Waals surface area contributed by atoms with Gasteiger partial charge in [-0.25, -0.2) is 0 Å². The van der Waals surface area contributed by atoms with Gasteiger partial charge in [-0.2, -0.15) is 0 Å². The first-order valence-electron chi connectivity index (χ1n) is 7.01. The van der Waals surface area contributed by atoms with Gasteiger partial charge in [0, 0.05) is 12.1 Å². The van der Waals surface area contributed by atoms with Crippen molar-refractivity contribution in [1.82, 2.24) is 5.32 Å². The molecular formula is C17H27N. The largest absolute Gasteiger partial charge is 0.306 e. The van der Waals surface area contributed by atoms with E-state index in [1.165, 1.54) is 16.7 Å². The standard InChI is InChI=1S/C17H27N/c1-11-8-9-12(2)14(10-11)13(3)18-15-16(4,5)17(15,6)7/h8-10,13,15,18H,1-7H3. The number of rotatable bonds is 3. The van der Waals surface area contributed by atoms with Gasteiger partial charge in [0.25, 0.3) is 0 Å². The Morgan fingerprint density at radius 1 is 1.06 bits per heavy atom. The maximum Gasteiger partial charge on any atom is 0.0297 e. The van der Waals surface area contributed by atoms with Crippen LogP contribution in [0, 0.1) is 24.7 Å². The second kappa shape index (κ2) is 4.09. The molecule has 0 radical (unpaired) electrons. The highest BCUT2D eigenvalue weighted by Gasteiger charge is 2.64. The monoisotopic (exact) mass is 245 g/mol. The maximum absolute atomic E-state index is 3.82. The fraction of sp³-hybridized carbons (Fsp3) is 0.647. The fourth-order valence-electron chi connectivity index (χ4n) is 3.18. The lowest BCUT2D eigenvalue weighted by atomic mass is 9.99. The van der Waals surface area contributed by atoms with E-state index < -0.39 is 0 Å². The number of hydrogen-bond acceptors (Lipinski definition) is 1. The van der Waals surface area contributed by atoms with Crippen molar-refractivity contribution in [3.8, 4) is 0 Å². The maximum atomic E-state index is 3.82. The van der Waals surface area contributed by atoms with Crippen molar-refractivity contribution in [2.75, 3.05) is 0 Å². The van der Waals surface area contributed by atoms with Crippen LogP contribution < -0.4 is 5.32 Å². The highest BCUT2D eigenvalue weighted by Crippen LogP contribution is 2.63. The lowest BCUT2D eigenvalue weighted by molar-refractivity contribution is 0.457. The van der Waals surface area contributed by atoms with Crippen molar-refractivity contribution in [1.29, 1.82) is 0 Å². The van der Waals surface area contributed by atoms with Crippen molar-refractivity contribution in [3.63, 3.8) is 0 Å². The van der Waals surface area contributed by atoms with Gasteiger partial charge in [-0.3, -0.25) is 0 Å². The first kappa shape index (κ1) is 13.6. The van der Waals surface area contributed by atoms with Crippen molar-refractivity contribution in [2.45, 2.75) is 60.5 Å². The lowest BCUT2D eigenvalue weighted by Crippen LogP contribution is -2.26. The van der Waals surface area contributed by atoms with E-state index in [0.29, 0.717) is 22.9 Å². The van der Waals surface area contributed by atoms with Gasteiger partial charge < -0.3 is 5.32 Å². The van der Waals surface area contributed by atoms with Crippen LogP contribution in [0.25, 0.3) is 0 Å². The van der Waals surface area contributed by atoms with E-state index in [2.05, 4.69) is 72.0 Å². The number of hydrogen-bond donors (Lipinski definition) is 1. The molecule has 0 spiro atoms. The van der Waals surface area contributed by atoms with Crippen LogP contribution in [-0.4, -0.2) is 6.04 Å². The molecule has 1 fully saturated rings. The number of benzene rings is 1. The molecule has 0 amide bonds. The molecule has 0 saturated heterocycles. The van der Waals surface area contributed by atoms with E-state index in [9.17, 15) is 0 Å². The molecule has 1 atom stereocenters. The summed E-state index contributed by atoms with van der Waals surface area (Å²) in [7, 11) is 0. The van der Waals surface area contributed by atoms with Gasteiger partial charge in [0.1, 0.15) is 0 Å². The minimum Gasteiger partial charge on any atom is -0.306 e. The summed E-state index contributed by atoms with van der Waals surface area (Å²) in [6, 6.07) is 7.77. The molecule has 1 aromatic rings. The molecule has 1 aromatic carbocycles. The molecule has 0 bridgehead atoms. The fourth-order valence-corrected chi connectivity index (χ4v) is 3.18. The van der Waals surface area contributed by atoms with Crippen molar-refractivity contribution in [2.24, 2.45) is 10.8 Å². The van der Waals surface area contributed by atoms with Gasteiger partial charge in [0.2, 0.25) is 0 Å². The number of nitrogens with one attached hydrogen (secondary N) is 1. The Morgan fingerprint density at radius 3 is 2.11 bits per heavy atom. The van der Waals surface area contributed by atoms with Crippen LogP contribution in [0.3, 0.4) is 0 Å². The third-order valence-corrected chi connectivity index (χ3v) is 5.34. The Bertz CT molecular complexity index is 443. The molecule has 0 aliphatic heterocycles. The molecule has 0 aromatic heterocycles. The molecule has 2 rings (SSSR count). The average molecular weight is 245 g/mol. The molecule has 18 heavy (non-hydrogen) atoms. The topological polar surface area (TPSA) is 12.0 Å². The van der Waals surface area contributed by atoms with Crippen LogP contribution in [0.2, 0.25) is 0 Å². The summed E-state index contributed by atoms with van der Waals surface area (Å²) in [5.41, 5.74) is 4.97. The van der Waals surface area contributed by atoms with Gasteiger partial charge in [-0.05, 0) is 42.7 Å². The third kappa shape index (κ3) is 1.99. The molecule has 1 N–H and O–H groups in total. The summed E-state index contributed by atoms with van der Waals surface area (Å²) in [5, 5.41) is 3.82. The molecule has 1 saturated carbocycles. The highest BCUT2D eigenvalue weighted by molar-refractivity contribution is 5.33. The lowest BCUT2D eigenvalue weighted by Gasteiger charge is -2.19. The minimum absolute atomic E-state index is 0.402. The Morgan fingerprint density at radius 2 is 1.61 bits per heavy atom. The van der Waals surface area contributed by atoms with Gasteiger partial charge in [-0.1, -0.05) is 51.5 Å². The van der Waals surface area contributed by atoms with Crippen LogP contribution in [0.4, 0.5) is 0 Å². The summed E-state index contributed by atoms with van der Waals surface area (Å²) in [5.74, 6) is 0. The predicted molar refractivity (Wildman–Crippen MR) is 78.8 cm³/mol. The van der Waals surface area contributed by atoms with Crippen LogP contribution >= 0.6 is 0 Å². The van der Waals surface area contributed by atoms with Gasteiger partial charge >= 0.3 is 0 Å². The second-order valence-corrected chi connectivity index (χ2v) is 7.12. The van der Waals surface area contributed by atoms with E-state index in [-0.39, 0.29) is 0 Å². The van der Waals surface area contributed by atoms with E-state index in [1.54, 1.807) is 0 Å². The van der Waals surface area contributed by atoms with Crippen LogP contribution in [0.5, 0.6) is 0 Å². The Balaban J connectivity index is 2.14. The zero-order chi connectivity index (χ0) is 13.7. The van der Waals surface area contributed by atoms with Gasteiger partial charge in [0.15, 0.2) is 0 Å². The Hall–Kier alpha value is -0.820. The molecule has 1 aliphatic carbocycles. The van der Waals surface area contributed by atoms with Crippen LogP contribution in [0.15, 0.2) is 18.2 Å². The summed E-state index contributed by atoms with van der Waals surface area (Å²) in [4.78, 5) is 0. The average Bonchev–Trinajstić information content (AvgIpc) is 2.64. The molecule has 1 unspecified atom stereocenters. The number of aryl methyl sites for hydroxylation is 2. The predicted octanol–water partition coefficient (Wildman–Crippen LogP) is 4.39. The van der Waals surface area contributed by atoms with Crippen molar-refractivity contribution >= 4 is 0 Å². The van der Waals surface area contributed by atoms with Crippen LogP contribution in [-0.2, 0) is 0 Å². The first-order valence-corrected chi connectivity index (χ1v) is 7.01. The quantitative estimate of drug-likeness (QED) is 0.833. The SMILES string of the molecule is Cc1ccc(C)c(C(C)NC2C(C)(C)C2(C)C)c1. The molecule has 1 nitrogen and oxygen atoms in total. The van der Waals surface area contributed by atoms with Crippen molar-refractivity contribution < 1.29 is 0 Å². The summed E-state index contributed by atoms with van der Waals surface area (Å²) in [6.45, 7) is 16.1. The summed E-state index contributed by atoms with van der Waals surface area (Å²) in [6.07, 6.45) is 0.